The van der Waals surface area contributed by atoms with E-state index in [1.54, 1.807) is 18.2 Å². The van der Waals surface area contributed by atoms with Gasteiger partial charge in [0.15, 0.2) is 0 Å². The van der Waals surface area contributed by atoms with E-state index in [-0.39, 0.29) is 29.9 Å². The number of amides is 2. The fourth-order valence-corrected chi connectivity index (χ4v) is 4.24. The van der Waals surface area contributed by atoms with Gasteiger partial charge in [-0.3, -0.25) is 15.0 Å². The summed E-state index contributed by atoms with van der Waals surface area (Å²) in [4.78, 5) is 25.2. The number of carbonyl (C=O) groups excluding carboxylic acids is 2. The van der Waals surface area contributed by atoms with Gasteiger partial charge in [0.2, 0.25) is 5.91 Å². The summed E-state index contributed by atoms with van der Waals surface area (Å²) >= 11 is 6.24. The minimum absolute atomic E-state index is 0.111. The maximum absolute atomic E-state index is 12.6. The largest absolute Gasteiger partial charge is 0.349 e. The van der Waals surface area contributed by atoms with Crippen LogP contribution in [0.3, 0.4) is 0 Å². The first-order valence-electron chi connectivity index (χ1n) is 10.3. The Morgan fingerprint density at radius 2 is 1.93 bits per heavy atom. The average molecular weight is 407 g/mol. The first-order chi connectivity index (χ1) is 13.4. The maximum atomic E-state index is 12.6. The van der Waals surface area contributed by atoms with Crippen LogP contribution in [0.5, 0.6) is 0 Å². The van der Waals surface area contributed by atoms with E-state index < -0.39 is 0 Å². The molecule has 1 heterocycles. The van der Waals surface area contributed by atoms with Gasteiger partial charge in [0.25, 0.3) is 5.91 Å². The molecule has 0 radical (unpaired) electrons. The number of carbonyl (C=O) groups is 2. The van der Waals surface area contributed by atoms with Crippen molar-refractivity contribution in [2.45, 2.75) is 76.9 Å². The highest BCUT2D eigenvalue weighted by molar-refractivity contribution is 6.34. The van der Waals surface area contributed by atoms with Gasteiger partial charge in [0.1, 0.15) is 6.04 Å². The summed E-state index contributed by atoms with van der Waals surface area (Å²) in [5, 5.41) is 6.37. The molecule has 1 aromatic rings. The third-order valence-electron chi connectivity index (χ3n) is 5.47. The SMILES string of the molecule is CC(C)CC1CC(C(=O)Nc2ccc(Cl)c(C(=O)NC3CCCCC3)c2)NN1. The minimum atomic E-state index is -0.293. The van der Waals surface area contributed by atoms with Crippen molar-refractivity contribution in [3.05, 3.63) is 28.8 Å². The molecule has 2 fully saturated rings. The Kier molecular flexibility index (Phi) is 7.32. The number of anilines is 1. The van der Waals surface area contributed by atoms with Crippen molar-refractivity contribution in [1.82, 2.24) is 16.2 Å². The Hall–Kier alpha value is -1.63. The molecule has 2 atom stereocenters. The Morgan fingerprint density at radius 1 is 1.18 bits per heavy atom. The van der Waals surface area contributed by atoms with Gasteiger partial charge < -0.3 is 10.6 Å². The van der Waals surface area contributed by atoms with Crippen LogP contribution in [0, 0.1) is 5.92 Å². The smallest absolute Gasteiger partial charge is 0.253 e. The van der Waals surface area contributed by atoms with Crippen LogP contribution in [-0.4, -0.2) is 29.9 Å². The molecular formula is C21H31ClN4O2. The van der Waals surface area contributed by atoms with Gasteiger partial charge in [0.05, 0.1) is 10.6 Å². The number of halogens is 1. The summed E-state index contributed by atoms with van der Waals surface area (Å²) in [5.74, 6) is 0.285. The molecule has 28 heavy (non-hydrogen) atoms. The van der Waals surface area contributed by atoms with E-state index in [1.165, 1.54) is 6.42 Å². The highest BCUT2D eigenvalue weighted by Crippen LogP contribution is 2.23. The van der Waals surface area contributed by atoms with Crippen LogP contribution in [0.25, 0.3) is 0 Å². The zero-order valence-electron chi connectivity index (χ0n) is 16.7. The van der Waals surface area contributed by atoms with Crippen LogP contribution in [0.15, 0.2) is 18.2 Å². The number of rotatable bonds is 6. The van der Waals surface area contributed by atoms with Crippen molar-refractivity contribution < 1.29 is 9.59 Å². The molecule has 7 heteroatoms. The summed E-state index contributed by atoms with van der Waals surface area (Å²) in [6.07, 6.45) is 7.31. The molecule has 1 saturated carbocycles. The number of benzene rings is 1. The Bertz CT molecular complexity index is 704. The van der Waals surface area contributed by atoms with Crippen molar-refractivity contribution >= 4 is 29.1 Å². The zero-order chi connectivity index (χ0) is 20.1. The van der Waals surface area contributed by atoms with Crippen molar-refractivity contribution in [3.8, 4) is 0 Å². The van der Waals surface area contributed by atoms with Crippen LogP contribution in [0.4, 0.5) is 5.69 Å². The van der Waals surface area contributed by atoms with Gasteiger partial charge >= 0.3 is 0 Å². The summed E-state index contributed by atoms with van der Waals surface area (Å²) in [6.45, 7) is 4.34. The van der Waals surface area contributed by atoms with Crippen molar-refractivity contribution in [2.24, 2.45) is 5.92 Å². The van der Waals surface area contributed by atoms with Gasteiger partial charge in [0, 0.05) is 17.8 Å². The number of hydrogen-bond donors (Lipinski definition) is 4. The Balaban J connectivity index is 1.59. The van der Waals surface area contributed by atoms with E-state index in [0.717, 1.165) is 38.5 Å². The maximum Gasteiger partial charge on any atom is 0.253 e. The number of hydrazine groups is 1. The Labute approximate surface area is 172 Å². The quantitative estimate of drug-likeness (QED) is 0.581. The second kappa shape index (κ2) is 9.72. The molecule has 154 valence electrons. The predicted molar refractivity (Wildman–Crippen MR) is 112 cm³/mol. The Morgan fingerprint density at radius 3 is 2.64 bits per heavy atom. The molecule has 0 aromatic heterocycles. The summed E-state index contributed by atoms with van der Waals surface area (Å²) in [5.41, 5.74) is 7.24. The lowest BCUT2D eigenvalue weighted by Crippen LogP contribution is -2.40. The minimum Gasteiger partial charge on any atom is -0.349 e. The van der Waals surface area contributed by atoms with Gasteiger partial charge in [-0.05, 0) is 49.8 Å². The van der Waals surface area contributed by atoms with Crippen LogP contribution in [0.2, 0.25) is 5.02 Å². The summed E-state index contributed by atoms with van der Waals surface area (Å²) < 4.78 is 0. The van der Waals surface area contributed by atoms with E-state index in [2.05, 4.69) is 35.3 Å². The van der Waals surface area contributed by atoms with E-state index >= 15 is 0 Å². The normalized spacial score (nSPS) is 23.0. The molecule has 0 bridgehead atoms. The predicted octanol–water partition coefficient (Wildman–Crippen LogP) is 3.62. The van der Waals surface area contributed by atoms with Crippen molar-refractivity contribution in [3.63, 3.8) is 0 Å². The molecule has 3 rings (SSSR count). The summed E-state index contributed by atoms with van der Waals surface area (Å²) in [7, 11) is 0. The van der Waals surface area contributed by atoms with Gasteiger partial charge in [-0.2, -0.15) is 0 Å². The lowest BCUT2D eigenvalue weighted by Gasteiger charge is -2.23. The van der Waals surface area contributed by atoms with E-state index in [4.69, 9.17) is 11.6 Å². The molecule has 1 aliphatic heterocycles. The monoisotopic (exact) mass is 406 g/mol. The molecule has 4 N–H and O–H groups in total. The highest BCUT2D eigenvalue weighted by atomic mass is 35.5. The lowest BCUT2D eigenvalue weighted by molar-refractivity contribution is -0.117. The molecule has 2 amide bonds. The summed E-state index contributed by atoms with van der Waals surface area (Å²) in [6, 6.07) is 5.26. The van der Waals surface area contributed by atoms with E-state index in [9.17, 15) is 9.59 Å². The second-order valence-electron chi connectivity index (χ2n) is 8.40. The third kappa shape index (κ3) is 5.69. The van der Waals surface area contributed by atoms with E-state index in [0.29, 0.717) is 22.2 Å². The highest BCUT2D eigenvalue weighted by Gasteiger charge is 2.29. The van der Waals surface area contributed by atoms with Gasteiger partial charge in [-0.25, -0.2) is 5.43 Å². The number of hydrogen-bond acceptors (Lipinski definition) is 4. The van der Waals surface area contributed by atoms with Gasteiger partial charge in [-0.1, -0.05) is 44.7 Å². The molecule has 1 aliphatic carbocycles. The van der Waals surface area contributed by atoms with Crippen LogP contribution in [-0.2, 0) is 4.79 Å². The molecular weight excluding hydrogens is 376 g/mol. The molecule has 1 saturated heterocycles. The molecule has 0 spiro atoms. The second-order valence-corrected chi connectivity index (χ2v) is 8.80. The molecule has 1 aromatic carbocycles. The van der Waals surface area contributed by atoms with Crippen molar-refractivity contribution in [2.75, 3.05) is 5.32 Å². The standard InChI is InChI=1S/C21H31ClN4O2/c1-13(2)10-16-12-19(26-25-16)21(28)24-15-8-9-18(22)17(11-15)20(27)23-14-6-4-3-5-7-14/h8-9,11,13-14,16,19,25-26H,3-7,10,12H2,1-2H3,(H,23,27)(H,24,28). The van der Waals surface area contributed by atoms with Gasteiger partial charge in [-0.15, -0.1) is 0 Å². The third-order valence-corrected chi connectivity index (χ3v) is 5.80. The molecule has 6 nitrogen and oxygen atoms in total. The first-order valence-corrected chi connectivity index (χ1v) is 10.7. The average Bonchev–Trinajstić information content (AvgIpc) is 3.12. The van der Waals surface area contributed by atoms with Crippen LogP contribution >= 0.6 is 11.6 Å². The zero-order valence-corrected chi connectivity index (χ0v) is 17.4. The topological polar surface area (TPSA) is 82.3 Å². The molecule has 2 aliphatic rings. The lowest BCUT2D eigenvalue weighted by atomic mass is 9.95. The van der Waals surface area contributed by atoms with Crippen LogP contribution in [0.1, 0.15) is 69.2 Å². The van der Waals surface area contributed by atoms with Crippen molar-refractivity contribution in [1.29, 1.82) is 0 Å². The fraction of sp³-hybridized carbons (Fsp3) is 0.619. The van der Waals surface area contributed by atoms with E-state index in [1.807, 2.05) is 0 Å². The number of nitrogens with one attached hydrogen (secondary N) is 4. The van der Waals surface area contributed by atoms with Crippen LogP contribution < -0.4 is 21.5 Å². The fourth-order valence-electron chi connectivity index (χ4n) is 4.03. The first kappa shape index (κ1) is 21.1. The molecule has 2 unspecified atom stereocenters.